The molecule has 4 atom stereocenters. The monoisotopic (exact) mass is 749 g/mol. The number of rotatable bonds is 8. The number of sulfonamides is 1. The zero-order valence-electron chi connectivity index (χ0n) is 32.5. The van der Waals surface area contributed by atoms with Gasteiger partial charge in [-0.15, -0.1) is 0 Å². The molecule has 7 aliphatic carbocycles. The maximum atomic E-state index is 15.0. The molecule has 288 valence electrons. The minimum Gasteiger partial charge on any atom is -0.393 e. The summed E-state index contributed by atoms with van der Waals surface area (Å²) in [5.41, 5.74) is 4.11. The molecule has 2 N–H and O–H groups in total. The number of nitrogens with zero attached hydrogens (tertiary/aromatic N) is 1. The third-order valence-electron chi connectivity index (χ3n) is 14.8. The van der Waals surface area contributed by atoms with Gasteiger partial charge in [0, 0.05) is 29.6 Å². The van der Waals surface area contributed by atoms with Crippen LogP contribution < -0.4 is 0 Å². The molecule has 3 aromatic rings. The average molecular weight is 750 g/mol. The van der Waals surface area contributed by atoms with Crippen LogP contribution in [0.5, 0.6) is 0 Å². The summed E-state index contributed by atoms with van der Waals surface area (Å²) in [4.78, 5) is 15.0. The van der Waals surface area contributed by atoms with Gasteiger partial charge in [-0.3, -0.25) is 4.79 Å². The predicted molar refractivity (Wildman–Crippen MR) is 216 cm³/mol. The van der Waals surface area contributed by atoms with E-state index in [0.29, 0.717) is 67.5 Å². The topological polar surface area (TPSA) is 94.9 Å². The van der Waals surface area contributed by atoms with E-state index in [2.05, 4.69) is 32.1 Å². The van der Waals surface area contributed by atoms with Gasteiger partial charge in [-0.25, -0.2) is 8.42 Å². The Balaban J connectivity index is 1.20. The lowest BCUT2D eigenvalue weighted by Gasteiger charge is -2.58. The number of hydrogen-bond acceptors (Lipinski definition) is 5. The molecule has 6 bridgehead atoms. The average Bonchev–Trinajstić information content (AvgIpc) is 3.38. The van der Waals surface area contributed by atoms with Crippen molar-refractivity contribution in [3.8, 4) is 11.1 Å². The molecule has 7 heteroatoms. The molecule has 0 unspecified atom stereocenters. The summed E-state index contributed by atoms with van der Waals surface area (Å²) in [5.74, 6) is 1.87. The Kier molecular flexibility index (Phi) is 10.1. The van der Waals surface area contributed by atoms with Crippen molar-refractivity contribution < 1.29 is 23.4 Å². The standard InChI is InChI=1S/C47H59NO5S/c1-32-10-9-20-45(2)43(19-21-47(45,51)31-48(54(3,52)53)30-46-27-34-22-35(28-46)24-36(23-34)29-46)40-18-16-33(25-38(49)17-15-32)26-42(40)44(50)41-14-8-7-13-39(41)37-11-5-4-6-12-37/h4-8,10-14,16,18,26,34-36,38,43,49,51H,9,15,17,19-25,27-31H2,1-3H3/t34?,35?,36?,38-,43-,45-,46?,47+/m0/s1. The summed E-state index contributed by atoms with van der Waals surface area (Å²) in [6.45, 7) is 4.85. The molecule has 0 aliphatic heterocycles. The third kappa shape index (κ3) is 7.19. The number of allylic oxidation sites excluding steroid dienone is 2. The molecule has 10 rings (SSSR count). The van der Waals surface area contributed by atoms with E-state index < -0.39 is 27.1 Å². The Bertz CT molecular complexity index is 1990. The van der Waals surface area contributed by atoms with Crippen molar-refractivity contribution in [2.45, 2.75) is 115 Å². The van der Waals surface area contributed by atoms with E-state index in [1.165, 1.54) is 31.1 Å². The van der Waals surface area contributed by atoms with E-state index in [1.807, 2.05) is 60.7 Å². The zero-order valence-corrected chi connectivity index (χ0v) is 33.3. The Morgan fingerprint density at radius 3 is 2.20 bits per heavy atom. The van der Waals surface area contributed by atoms with Crippen LogP contribution in [0.3, 0.4) is 0 Å². The van der Waals surface area contributed by atoms with Crippen molar-refractivity contribution in [3.05, 3.63) is 107 Å². The normalized spacial score (nSPS) is 33.7. The molecule has 54 heavy (non-hydrogen) atoms. The fourth-order valence-electron chi connectivity index (χ4n) is 12.3. The smallest absolute Gasteiger partial charge is 0.211 e. The predicted octanol–water partition coefficient (Wildman–Crippen LogP) is 9.10. The number of fused-ring (bicyclic) bond motifs is 8. The van der Waals surface area contributed by atoms with Crippen LogP contribution in [0.1, 0.15) is 124 Å². The van der Waals surface area contributed by atoms with Crippen molar-refractivity contribution in [1.29, 1.82) is 0 Å². The van der Waals surface area contributed by atoms with Crippen LogP contribution in [0, 0.1) is 28.6 Å². The van der Waals surface area contributed by atoms with E-state index in [9.17, 15) is 18.6 Å². The first-order valence-corrected chi connectivity index (χ1v) is 22.4. The van der Waals surface area contributed by atoms with E-state index in [1.54, 1.807) is 4.31 Å². The molecular formula is C47H59NO5S. The van der Waals surface area contributed by atoms with Crippen molar-refractivity contribution in [3.63, 3.8) is 0 Å². The lowest BCUT2D eigenvalue weighted by Crippen LogP contribution is -2.57. The van der Waals surface area contributed by atoms with Gasteiger partial charge in [0.15, 0.2) is 5.78 Å². The molecule has 0 saturated heterocycles. The molecule has 0 aromatic heterocycles. The molecule has 0 heterocycles. The van der Waals surface area contributed by atoms with Gasteiger partial charge in [0.05, 0.1) is 18.0 Å². The number of aliphatic hydroxyl groups excluding tert-OH is 1. The lowest BCUT2D eigenvalue weighted by atomic mass is 9.49. The molecule has 7 aliphatic rings. The highest BCUT2D eigenvalue weighted by molar-refractivity contribution is 7.88. The molecule has 5 saturated carbocycles. The number of carbonyl (C=O) groups is 1. The largest absolute Gasteiger partial charge is 0.393 e. The van der Waals surface area contributed by atoms with Gasteiger partial charge in [-0.1, -0.05) is 85.3 Å². The molecule has 5 fully saturated rings. The molecule has 0 spiro atoms. The fourth-order valence-corrected chi connectivity index (χ4v) is 13.3. The third-order valence-corrected chi connectivity index (χ3v) is 16.0. The summed E-state index contributed by atoms with van der Waals surface area (Å²) in [7, 11) is -3.62. The Morgan fingerprint density at radius 1 is 0.852 bits per heavy atom. The van der Waals surface area contributed by atoms with Crippen molar-refractivity contribution >= 4 is 15.8 Å². The second-order valence-corrected chi connectivity index (χ2v) is 20.6. The van der Waals surface area contributed by atoms with Crippen molar-refractivity contribution in [1.82, 2.24) is 4.31 Å². The van der Waals surface area contributed by atoms with Crippen LogP contribution in [0.2, 0.25) is 0 Å². The molecule has 0 amide bonds. The second-order valence-electron chi connectivity index (χ2n) is 18.6. The summed E-state index contributed by atoms with van der Waals surface area (Å²) in [6, 6.07) is 23.9. The maximum absolute atomic E-state index is 15.0. The van der Waals surface area contributed by atoms with Gasteiger partial charge >= 0.3 is 0 Å². The molecular weight excluding hydrogens is 691 g/mol. The van der Waals surface area contributed by atoms with Gasteiger partial charge in [-0.2, -0.15) is 4.31 Å². The van der Waals surface area contributed by atoms with E-state index >= 15 is 4.79 Å². The molecule has 3 aromatic carbocycles. The second kappa shape index (κ2) is 14.4. The highest BCUT2D eigenvalue weighted by Crippen LogP contribution is 2.62. The van der Waals surface area contributed by atoms with Gasteiger partial charge in [0.2, 0.25) is 10.0 Å². The van der Waals surface area contributed by atoms with Crippen LogP contribution in [-0.2, 0) is 16.4 Å². The SMILES string of the molecule is CC1=CCC[C@@]2(C)[C@@H](CC[C@@]2(O)CN(CC23CC4CC(CC(C4)C2)C3)S(C)(=O)=O)c2ccc(cc2C(=O)c2ccccc2-c2ccccc2)C[C@@H](O)CC1. The summed E-state index contributed by atoms with van der Waals surface area (Å²) in [5, 5.41) is 24.3. The van der Waals surface area contributed by atoms with Gasteiger partial charge in [0.25, 0.3) is 0 Å². The van der Waals surface area contributed by atoms with Crippen LogP contribution in [-0.4, -0.2) is 59.8 Å². The summed E-state index contributed by atoms with van der Waals surface area (Å²) < 4.78 is 29.2. The van der Waals surface area contributed by atoms with Gasteiger partial charge in [0.1, 0.15) is 0 Å². The quantitative estimate of drug-likeness (QED) is 0.177. The zero-order chi connectivity index (χ0) is 37.9. The summed E-state index contributed by atoms with van der Waals surface area (Å²) in [6.07, 6.45) is 14.6. The summed E-state index contributed by atoms with van der Waals surface area (Å²) >= 11 is 0. The number of ketones is 1. The Morgan fingerprint density at radius 2 is 1.52 bits per heavy atom. The van der Waals surface area contributed by atoms with Crippen LogP contribution in [0.25, 0.3) is 11.1 Å². The Hall–Kier alpha value is -3.10. The molecule has 6 nitrogen and oxygen atoms in total. The number of carbonyl (C=O) groups excluding carboxylic acids is 1. The number of hydrogen-bond donors (Lipinski definition) is 2. The van der Waals surface area contributed by atoms with Crippen LogP contribution >= 0.6 is 0 Å². The first-order chi connectivity index (χ1) is 25.7. The number of benzene rings is 3. The molecule has 0 radical (unpaired) electrons. The van der Waals surface area contributed by atoms with Gasteiger partial charge in [-0.05, 0) is 148 Å². The van der Waals surface area contributed by atoms with Gasteiger partial charge < -0.3 is 10.2 Å². The van der Waals surface area contributed by atoms with Crippen molar-refractivity contribution in [2.75, 3.05) is 19.3 Å². The van der Waals surface area contributed by atoms with E-state index in [-0.39, 0.29) is 23.7 Å². The first kappa shape index (κ1) is 37.8. The minimum absolute atomic E-state index is 0.00232. The highest BCUT2D eigenvalue weighted by atomic mass is 32.2. The number of aliphatic hydroxyl groups is 2. The highest BCUT2D eigenvalue weighted by Gasteiger charge is 2.59. The van der Waals surface area contributed by atoms with E-state index in [0.717, 1.165) is 54.4 Å². The maximum Gasteiger partial charge on any atom is 0.211 e. The minimum atomic E-state index is -3.62. The Labute approximate surface area is 323 Å². The fraction of sp³-hybridized carbons (Fsp3) is 0.553. The lowest BCUT2D eigenvalue weighted by molar-refractivity contribution is -0.0919. The van der Waals surface area contributed by atoms with Crippen molar-refractivity contribution in [2.24, 2.45) is 28.6 Å². The van der Waals surface area contributed by atoms with Crippen LogP contribution in [0.4, 0.5) is 0 Å². The van der Waals surface area contributed by atoms with Crippen LogP contribution in [0.15, 0.2) is 84.4 Å². The first-order valence-electron chi connectivity index (χ1n) is 20.6. The van der Waals surface area contributed by atoms with E-state index in [4.69, 9.17) is 0 Å².